The summed E-state index contributed by atoms with van der Waals surface area (Å²) in [6.07, 6.45) is 0.356. The van der Waals surface area contributed by atoms with Crippen LogP contribution < -0.4 is 14.4 Å². The van der Waals surface area contributed by atoms with Gasteiger partial charge in [0.15, 0.2) is 0 Å². The molecule has 0 saturated carbocycles. The van der Waals surface area contributed by atoms with Gasteiger partial charge in [0.05, 0.1) is 17.7 Å². The fourth-order valence-corrected chi connectivity index (χ4v) is 5.94. The molecule has 220 valence electrons. The quantitative estimate of drug-likeness (QED) is 0.295. The largest absolute Gasteiger partial charge is 0.497 e. The lowest BCUT2D eigenvalue weighted by Gasteiger charge is -2.33. The smallest absolute Gasteiger partial charge is 0.264 e. The molecule has 41 heavy (non-hydrogen) atoms. The number of sulfonamides is 1. The van der Waals surface area contributed by atoms with Gasteiger partial charge in [0.25, 0.3) is 10.0 Å². The number of anilines is 1. The minimum Gasteiger partial charge on any atom is -0.497 e. The Morgan fingerprint density at radius 1 is 0.878 bits per heavy atom. The second-order valence-corrected chi connectivity index (χ2v) is 12.4. The maximum atomic E-state index is 14.1. The molecule has 0 aromatic heterocycles. The molecule has 0 saturated heterocycles. The Labute approximate surface area is 244 Å². The molecule has 9 heteroatoms. The standard InChI is InChI=1S/C32H41N3O5S/c1-7-30(32(37)33-24(4)5)34(21-25-13-19-28(40-6)20-14-25)31(36)22-35(27-17-15-26(16-18-27)23(2)3)41(38,39)29-11-9-8-10-12-29/h8-20,23-24,30H,7,21-22H2,1-6H3,(H,33,37)/t30-/m1/s1. The van der Waals surface area contributed by atoms with E-state index >= 15 is 0 Å². The molecular formula is C32H41N3O5S. The molecular weight excluding hydrogens is 538 g/mol. The van der Waals surface area contributed by atoms with E-state index in [1.807, 2.05) is 45.0 Å². The van der Waals surface area contributed by atoms with Crippen molar-refractivity contribution in [2.75, 3.05) is 18.0 Å². The van der Waals surface area contributed by atoms with E-state index in [1.165, 1.54) is 17.0 Å². The zero-order valence-corrected chi connectivity index (χ0v) is 25.5. The topological polar surface area (TPSA) is 96.0 Å². The molecule has 0 spiro atoms. The van der Waals surface area contributed by atoms with Gasteiger partial charge in [0.1, 0.15) is 18.3 Å². The number of carbonyl (C=O) groups is 2. The van der Waals surface area contributed by atoms with E-state index in [-0.39, 0.29) is 29.3 Å². The summed E-state index contributed by atoms with van der Waals surface area (Å²) in [5.41, 5.74) is 2.21. The molecule has 2 amide bonds. The summed E-state index contributed by atoms with van der Waals surface area (Å²) < 4.78 is 34.2. The first-order valence-electron chi connectivity index (χ1n) is 13.9. The second-order valence-electron chi connectivity index (χ2n) is 10.5. The van der Waals surface area contributed by atoms with Gasteiger partial charge in [0, 0.05) is 12.6 Å². The lowest BCUT2D eigenvalue weighted by Crippen LogP contribution is -2.53. The van der Waals surface area contributed by atoms with Crippen molar-refractivity contribution < 1.29 is 22.7 Å². The number of nitrogens with zero attached hydrogens (tertiary/aromatic N) is 2. The third-order valence-electron chi connectivity index (χ3n) is 6.79. The van der Waals surface area contributed by atoms with E-state index in [4.69, 9.17) is 4.74 Å². The fraction of sp³-hybridized carbons (Fsp3) is 0.375. The van der Waals surface area contributed by atoms with E-state index in [9.17, 15) is 18.0 Å². The van der Waals surface area contributed by atoms with E-state index in [1.54, 1.807) is 49.6 Å². The number of ether oxygens (including phenoxy) is 1. The summed E-state index contributed by atoms with van der Waals surface area (Å²) >= 11 is 0. The molecule has 0 aliphatic rings. The molecule has 3 aromatic rings. The van der Waals surface area contributed by atoms with Crippen LogP contribution in [0.2, 0.25) is 0 Å². The lowest BCUT2D eigenvalue weighted by molar-refractivity contribution is -0.140. The number of hydrogen-bond donors (Lipinski definition) is 1. The van der Waals surface area contributed by atoms with Crippen LogP contribution in [0.15, 0.2) is 83.8 Å². The predicted octanol–water partition coefficient (Wildman–Crippen LogP) is 5.35. The number of carbonyl (C=O) groups excluding carboxylic acids is 2. The summed E-state index contributed by atoms with van der Waals surface area (Å²) in [7, 11) is -2.53. The van der Waals surface area contributed by atoms with Crippen molar-refractivity contribution in [3.05, 3.63) is 90.0 Å². The number of benzene rings is 3. The molecule has 1 N–H and O–H groups in total. The number of methoxy groups -OCH3 is 1. The molecule has 0 fully saturated rings. The number of rotatable bonds is 13. The summed E-state index contributed by atoms with van der Waals surface area (Å²) in [6.45, 7) is 9.31. The summed E-state index contributed by atoms with van der Waals surface area (Å²) in [6, 6.07) is 21.6. The first-order valence-corrected chi connectivity index (χ1v) is 15.3. The zero-order valence-electron chi connectivity index (χ0n) is 24.7. The van der Waals surface area contributed by atoms with Crippen LogP contribution in [-0.2, 0) is 26.2 Å². The molecule has 0 heterocycles. The average molecular weight is 580 g/mol. The van der Waals surface area contributed by atoms with Crippen molar-refractivity contribution in [3.63, 3.8) is 0 Å². The highest BCUT2D eigenvalue weighted by atomic mass is 32.2. The maximum absolute atomic E-state index is 14.1. The SMILES string of the molecule is CC[C@H](C(=O)NC(C)C)N(Cc1ccc(OC)cc1)C(=O)CN(c1ccc(C(C)C)cc1)S(=O)(=O)c1ccccc1. The molecule has 0 aliphatic carbocycles. The molecule has 0 bridgehead atoms. The van der Waals surface area contributed by atoms with Crippen LogP contribution in [0.25, 0.3) is 0 Å². The zero-order chi connectivity index (χ0) is 30.2. The predicted molar refractivity (Wildman–Crippen MR) is 162 cm³/mol. The van der Waals surface area contributed by atoms with Crippen molar-refractivity contribution >= 4 is 27.5 Å². The summed E-state index contributed by atoms with van der Waals surface area (Å²) in [4.78, 5) is 28.9. The van der Waals surface area contributed by atoms with Crippen LogP contribution in [0.5, 0.6) is 5.75 Å². The highest BCUT2D eigenvalue weighted by Gasteiger charge is 2.33. The van der Waals surface area contributed by atoms with Gasteiger partial charge < -0.3 is 15.0 Å². The van der Waals surface area contributed by atoms with Crippen LogP contribution in [0, 0.1) is 0 Å². The van der Waals surface area contributed by atoms with Crippen molar-refractivity contribution in [1.82, 2.24) is 10.2 Å². The van der Waals surface area contributed by atoms with E-state index in [0.29, 0.717) is 17.9 Å². The molecule has 0 unspecified atom stereocenters. The summed E-state index contributed by atoms with van der Waals surface area (Å²) in [5.74, 6) is 0.151. The van der Waals surface area contributed by atoms with Gasteiger partial charge in [-0.15, -0.1) is 0 Å². The van der Waals surface area contributed by atoms with Gasteiger partial charge in [-0.3, -0.25) is 13.9 Å². The van der Waals surface area contributed by atoms with Crippen LogP contribution in [0.4, 0.5) is 5.69 Å². The van der Waals surface area contributed by atoms with Crippen LogP contribution in [0.1, 0.15) is 58.1 Å². The van der Waals surface area contributed by atoms with E-state index in [2.05, 4.69) is 19.2 Å². The minimum absolute atomic E-state index is 0.0760. The lowest BCUT2D eigenvalue weighted by atomic mass is 10.0. The highest BCUT2D eigenvalue weighted by Crippen LogP contribution is 2.27. The third kappa shape index (κ3) is 8.10. The normalized spacial score (nSPS) is 12.2. The Bertz CT molecular complexity index is 1390. The molecule has 1 atom stereocenters. The Morgan fingerprint density at radius 3 is 2.00 bits per heavy atom. The Morgan fingerprint density at radius 2 is 1.49 bits per heavy atom. The van der Waals surface area contributed by atoms with Gasteiger partial charge in [-0.1, -0.05) is 63.2 Å². The van der Waals surface area contributed by atoms with Crippen LogP contribution in [0.3, 0.4) is 0 Å². The molecule has 8 nitrogen and oxygen atoms in total. The Hall–Kier alpha value is -3.85. The van der Waals surface area contributed by atoms with Crippen molar-refractivity contribution in [1.29, 1.82) is 0 Å². The fourth-order valence-electron chi connectivity index (χ4n) is 4.50. The number of hydrogen-bond acceptors (Lipinski definition) is 5. The van der Waals surface area contributed by atoms with Crippen LogP contribution in [-0.4, -0.2) is 50.9 Å². The Kier molecular flexibility index (Phi) is 10.9. The highest BCUT2D eigenvalue weighted by molar-refractivity contribution is 7.92. The number of amides is 2. The second kappa shape index (κ2) is 14.2. The maximum Gasteiger partial charge on any atom is 0.264 e. The van der Waals surface area contributed by atoms with Gasteiger partial charge in [-0.05, 0) is 73.7 Å². The number of nitrogens with one attached hydrogen (secondary N) is 1. The first-order chi connectivity index (χ1) is 19.5. The molecule has 3 rings (SSSR count). The monoisotopic (exact) mass is 579 g/mol. The first kappa shape index (κ1) is 31.7. The Balaban J connectivity index is 2.06. The van der Waals surface area contributed by atoms with Crippen molar-refractivity contribution in [2.24, 2.45) is 0 Å². The van der Waals surface area contributed by atoms with E-state index < -0.39 is 28.5 Å². The van der Waals surface area contributed by atoms with Crippen molar-refractivity contribution in [3.8, 4) is 5.75 Å². The van der Waals surface area contributed by atoms with Gasteiger partial charge >= 0.3 is 0 Å². The van der Waals surface area contributed by atoms with Gasteiger partial charge in [-0.2, -0.15) is 0 Å². The van der Waals surface area contributed by atoms with Gasteiger partial charge in [0.2, 0.25) is 11.8 Å². The molecule has 3 aromatic carbocycles. The summed E-state index contributed by atoms with van der Waals surface area (Å²) in [5, 5.41) is 2.91. The molecule has 0 aliphatic heterocycles. The van der Waals surface area contributed by atoms with Crippen molar-refractivity contribution in [2.45, 2.75) is 70.5 Å². The molecule has 0 radical (unpaired) electrons. The van der Waals surface area contributed by atoms with E-state index in [0.717, 1.165) is 15.4 Å². The minimum atomic E-state index is -4.10. The van der Waals surface area contributed by atoms with Crippen LogP contribution >= 0.6 is 0 Å². The third-order valence-corrected chi connectivity index (χ3v) is 8.57. The average Bonchev–Trinajstić information content (AvgIpc) is 2.96. The van der Waals surface area contributed by atoms with Gasteiger partial charge in [-0.25, -0.2) is 8.42 Å².